The van der Waals surface area contributed by atoms with E-state index >= 15 is 0 Å². The Hall–Kier alpha value is -2.83. The van der Waals surface area contributed by atoms with E-state index < -0.39 is 0 Å². The number of anilines is 3. The second-order valence-corrected chi connectivity index (χ2v) is 6.31. The minimum Gasteiger partial charge on any atom is -0.393 e. The highest BCUT2D eigenvalue weighted by Gasteiger charge is 2.17. The van der Waals surface area contributed by atoms with Crippen LogP contribution in [0, 0.1) is 6.92 Å². The van der Waals surface area contributed by atoms with Crippen LogP contribution in [-0.4, -0.2) is 29.0 Å². The molecule has 1 amide bonds. The van der Waals surface area contributed by atoms with Crippen LogP contribution in [0.1, 0.15) is 41.6 Å². The fourth-order valence-electron chi connectivity index (χ4n) is 2.91. The van der Waals surface area contributed by atoms with E-state index in [9.17, 15) is 4.79 Å². The molecule has 0 aliphatic carbocycles. The van der Waals surface area contributed by atoms with Gasteiger partial charge in [0.25, 0.3) is 5.91 Å². The third-order valence-corrected chi connectivity index (χ3v) is 4.38. The van der Waals surface area contributed by atoms with Gasteiger partial charge in [-0.3, -0.25) is 15.6 Å². The molecule has 0 radical (unpaired) electrons. The van der Waals surface area contributed by atoms with Gasteiger partial charge in [-0.05, 0) is 31.9 Å². The average molecular weight is 340 g/mol. The Morgan fingerprint density at radius 1 is 1.08 bits per heavy atom. The summed E-state index contributed by atoms with van der Waals surface area (Å²) >= 11 is 0. The summed E-state index contributed by atoms with van der Waals surface area (Å²) in [5, 5.41) is 0. The van der Waals surface area contributed by atoms with Crippen LogP contribution < -0.4 is 21.5 Å². The lowest BCUT2D eigenvalue weighted by atomic mass is 10.1. The highest BCUT2D eigenvalue weighted by atomic mass is 16.2. The van der Waals surface area contributed by atoms with Crippen LogP contribution in [0.2, 0.25) is 0 Å². The van der Waals surface area contributed by atoms with Crippen LogP contribution >= 0.6 is 0 Å². The smallest absolute Gasteiger partial charge is 0.269 e. The number of carbonyl (C=O) groups is 1. The molecule has 1 aromatic heterocycles. The molecule has 1 aliphatic rings. The Morgan fingerprint density at radius 3 is 2.44 bits per heavy atom. The highest BCUT2D eigenvalue weighted by molar-refractivity contribution is 5.95. The number of hydrazine groups is 1. The molecule has 0 spiro atoms. The predicted octanol–water partition coefficient (Wildman–Crippen LogP) is 2.50. The van der Waals surface area contributed by atoms with E-state index in [1.807, 2.05) is 19.1 Å². The molecule has 7 nitrogen and oxygen atoms in total. The molecule has 1 aromatic carbocycles. The van der Waals surface area contributed by atoms with E-state index in [0.29, 0.717) is 17.1 Å². The Balaban J connectivity index is 1.69. The van der Waals surface area contributed by atoms with Gasteiger partial charge in [-0.25, -0.2) is 9.97 Å². The van der Waals surface area contributed by atoms with E-state index in [-0.39, 0.29) is 5.91 Å². The number of nitrogen functional groups attached to an aromatic ring is 1. The van der Waals surface area contributed by atoms with Crippen molar-refractivity contribution in [2.75, 3.05) is 29.1 Å². The van der Waals surface area contributed by atoms with Gasteiger partial charge in [0.1, 0.15) is 12.0 Å². The lowest BCUT2D eigenvalue weighted by molar-refractivity contribution is 0.0962. The van der Waals surface area contributed by atoms with Crippen LogP contribution in [0.3, 0.4) is 0 Å². The number of aryl methyl sites for hydroxylation is 1. The second-order valence-electron chi connectivity index (χ2n) is 6.31. The number of aromatic nitrogens is 2. The zero-order chi connectivity index (χ0) is 17.6. The zero-order valence-electron chi connectivity index (χ0n) is 14.5. The number of nitrogens with zero attached hydrogens (tertiary/aromatic N) is 3. The molecule has 25 heavy (non-hydrogen) atoms. The molecule has 0 atom stereocenters. The minimum atomic E-state index is -0.241. The fourth-order valence-corrected chi connectivity index (χ4v) is 2.91. The van der Waals surface area contributed by atoms with Crippen LogP contribution in [-0.2, 0) is 0 Å². The summed E-state index contributed by atoms with van der Waals surface area (Å²) in [7, 11) is 0. The molecule has 2 heterocycles. The lowest BCUT2D eigenvalue weighted by Gasteiger charge is -2.23. The van der Waals surface area contributed by atoms with Gasteiger partial charge in [0.2, 0.25) is 0 Å². The van der Waals surface area contributed by atoms with Crippen LogP contribution in [0.4, 0.5) is 17.3 Å². The molecule has 132 valence electrons. The van der Waals surface area contributed by atoms with Crippen molar-refractivity contribution >= 4 is 23.2 Å². The number of hydrogen-bond acceptors (Lipinski definition) is 6. The highest BCUT2D eigenvalue weighted by Crippen LogP contribution is 2.27. The number of nitrogens with one attached hydrogen (secondary N) is 2. The molecule has 3 rings (SSSR count). The molecule has 0 unspecified atom stereocenters. The summed E-state index contributed by atoms with van der Waals surface area (Å²) in [5.74, 6) is 0.896. The largest absolute Gasteiger partial charge is 0.393 e. The van der Waals surface area contributed by atoms with Gasteiger partial charge in [-0.2, -0.15) is 0 Å². The summed E-state index contributed by atoms with van der Waals surface area (Å²) in [6, 6.07) is 7.34. The summed E-state index contributed by atoms with van der Waals surface area (Å²) in [5.41, 5.74) is 13.8. The van der Waals surface area contributed by atoms with Crippen molar-refractivity contribution in [1.82, 2.24) is 15.4 Å². The van der Waals surface area contributed by atoms with Crippen LogP contribution in [0.5, 0.6) is 0 Å². The first kappa shape index (κ1) is 17.0. The predicted molar refractivity (Wildman–Crippen MR) is 99.4 cm³/mol. The Morgan fingerprint density at radius 2 is 1.76 bits per heavy atom. The first-order valence-electron chi connectivity index (χ1n) is 8.63. The Bertz CT molecular complexity index is 723. The second kappa shape index (κ2) is 7.83. The van der Waals surface area contributed by atoms with Gasteiger partial charge in [0.05, 0.1) is 0 Å². The van der Waals surface area contributed by atoms with E-state index in [2.05, 4.69) is 25.7 Å². The number of carbonyl (C=O) groups excluding carboxylic acids is 1. The summed E-state index contributed by atoms with van der Waals surface area (Å²) in [6.45, 7) is 3.86. The van der Waals surface area contributed by atoms with E-state index in [4.69, 9.17) is 5.73 Å². The molecular weight excluding hydrogens is 316 g/mol. The maximum atomic E-state index is 12.2. The van der Waals surface area contributed by atoms with Crippen LogP contribution in [0.25, 0.3) is 0 Å². The number of rotatable bonds is 4. The number of hydrogen-bond donors (Lipinski definition) is 3. The Kier molecular flexibility index (Phi) is 5.33. The van der Waals surface area contributed by atoms with Gasteiger partial charge in [0.15, 0.2) is 11.6 Å². The van der Waals surface area contributed by atoms with E-state index in [1.54, 1.807) is 12.1 Å². The zero-order valence-corrected chi connectivity index (χ0v) is 14.5. The molecule has 2 aromatic rings. The average Bonchev–Trinajstić information content (AvgIpc) is 2.90. The first-order chi connectivity index (χ1) is 12.1. The minimum absolute atomic E-state index is 0.241. The van der Waals surface area contributed by atoms with E-state index in [0.717, 1.165) is 37.3 Å². The number of benzene rings is 1. The summed E-state index contributed by atoms with van der Waals surface area (Å²) < 4.78 is 0. The van der Waals surface area contributed by atoms with Crippen molar-refractivity contribution in [3.8, 4) is 0 Å². The molecule has 7 heteroatoms. The topological polar surface area (TPSA) is 96.2 Å². The molecule has 1 saturated heterocycles. The van der Waals surface area contributed by atoms with Crippen molar-refractivity contribution in [2.45, 2.75) is 32.6 Å². The van der Waals surface area contributed by atoms with Crippen molar-refractivity contribution in [3.63, 3.8) is 0 Å². The molecule has 1 fully saturated rings. The maximum Gasteiger partial charge on any atom is 0.269 e. The van der Waals surface area contributed by atoms with Crippen molar-refractivity contribution < 1.29 is 4.79 Å². The summed E-state index contributed by atoms with van der Waals surface area (Å²) in [4.78, 5) is 22.9. The van der Waals surface area contributed by atoms with Gasteiger partial charge in [0, 0.05) is 18.7 Å². The molecule has 0 bridgehead atoms. The molecular formula is C18H24N6O. The first-order valence-corrected chi connectivity index (χ1v) is 8.63. The van der Waals surface area contributed by atoms with Crippen molar-refractivity contribution in [3.05, 3.63) is 41.7 Å². The molecule has 4 N–H and O–H groups in total. The lowest BCUT2D eigenvalue weighted by Crippen LogP contribution is -2.31. The monoisotopic (exact) mass is 340 g/mol. The Labute approximate surface area is 147 Å². The van der Waals surface area contributed by atoms with Gasteiger partial charge in [-0.15, -0.1) is 0 Å². The van der Waals surface area contributed by atoms with Crippen molar-refractivity contribution in [1.29, 1.82) is 0 Å². The molecule has 1 aliphatic heterocycles. The SMILES string of the molecule is Cc1ccc(C(=O)NNc2ncnc(N3CCCCCC3)c2N)cc1. The number of nitrogens with two attached hydrogens (primary N) is 1. The van der Waals surface area contributed by atoms with Gasteiger partial charge in [-0.1, -0.05) is 30.5 Å². The van der Waals surface area contributed by atoms with Crippen molar-refractivity contribution in [2.24, 2.45) is 0 Å². The quantitative estimate of drug-likeness (QED) is 0.740. The van der Waals surface area contributed by atoms with Gasteiger partial charge < -0.3 is 10.6 Å². The standard InChI is InChI=1S/C18H24N6O/c1-13-6-8-14(9-7-13)18(25)23-22-16-15(19)17(21-12-20-16)24-10-4-2-3-5-11-24/h6-9,12H,2-5,10-11,19H2,1H3,(H,23,25)(H,20,21,22). The normalized spacial score (nSPS) is 14.7. The number of amides is 1. The fraction of sp³-hybridized carbons (Fsp3) is 0.389. The van der Waals surface area contributed by atoms with Gasteiger partial charge >= 0.3 is 0 Å². The molecule has 0 saturated carbocycles. The van der Waals surface area contributed by atoms with Crippen LogP contribution in [0.15, 0.2) is 30.6 Å². The summed E-state index contributed by atoms with van der Waals surface area (Å²) in [6.07, 6.45) is 6.21. The third kappa shape index (κ3) is 4.17. The third-order valence-electron chi connectivity index (χ3n) is 4.38. The van der Waals surface area contributed by atoms with E-state index in [1.165, 1.54) is 19.2 Å². The maximum absolute atomic E-state index is 12.2.